The summed E-state index contributed by atoms with van der Waals surface area (Å²) in [5.74, 6) is 0.836. The molecule has 0 saturated carbocycles. The first-order valence-electron chi connectivity index (χ1n) is 10.9. The van der Waals surface area contributed by atoms with Crippen molar-refractivity contribution in [1.29, 1.82) is 0 Å². The van der Waals surface area contributed by atoms with Gasteiger partial charge in [-0.2, -0.15) is 0 Å². The van der Waals surface area contributed by atoms with E-state index in [0.29, 0.717) is 6.54 Å². The van der Waals surface area contributed by atoms with Gasteiger partial charge in [0.05, 0.1) is 12.6 Å². The van der Waals surface area contributed by atoms with Crippen LogP contribution >= 0.6 is 35.6 Å². The number of likely N-dealkylation sites (tertiary alicyclic amines) is 1. The number of halogens is 2. The van der Waals surface area contributed by atoms with Crippen molar-refractivity contribution in [2.75, 3.05) is 26.2 Å². The maximum atomic E-state index is 9.64. The first kappa shape index (κ1) is 25.9. The predicted molar refractivity (Wildman–Crippen MR) is 140 cm³/mol. The number of nitrogens with one attached hydrogen (secondary N) is 2. The number of hydrogen-bond donors (Lipinski definition) is 3. The molecule has 0 unspecified atom stereocenters. The van der Waals surface area contributed by atoms with Crippen LogP contribution in [0.5, 0.6) is 0 Å². The highest BCUT2D eigenvalue weighted by Gasteiger charge is 2.16. The van der Waals surface area contributed by atoms with E-state index in [9.17, 15) is 5.11 Å². The highest BCUT2D eigenvalue weighted by Crippen LogP contribution is 2.14. The van der Waals surface area contributed by atoms with E-state index < -0.39 is 0 Å². The number of aliphatic imine (C=N–C) groups is 1. The van der Waals surface area contributed by atoms with E-state index in [1.807, 2.05) is 12.1 Å². The molecule has 0 radical (unpaired) electrons. The van der Waals surface area contributed by atoms with Gasteiger partial charge in [0, 0.05) is 37.7 Å². The van der Waals surface area contributed by atoms with Crippen molar-refractivity contribution in [2.24, 2.45) is 4.99 Å². The van der Waals surface area contributed by atoms with Gasteiger partial charge in [0.25, 0.3) is 0 Å². The SMILES string of the molecule is CCNC(=NCc1ccc(CN2CCC(O)CC2)cc1)NCCc1ccc(Cl)cc1.I. The van der Waals surface area contributed by atoms with Crippen LogP contribution in [0.4, 0.5) is 0 Å². The van der Waals surface area contributed by atoms with Gasteiger partial charge >= 0.3 is 0 Å². The molecule has 0 aromatic heterocycles. The molecular weight excluding hydrogens is 523 g/mol. The van der Waals surface area contributed by atoms with Crippen molar-refractivity contribution in [1.82, 2.24) is 15.5 Å². The van der Waals surface area contributed by atoms with Gasteiger partial charge in [-0.15, -0.1) is 24.0 Å². The van der Waals surface area contributed by atoms with E-state index in [1.54, 1.807) is 0 Å². The fraction of sp³-hybridized carbons (Fsp3) is 0.458. The quantitative estimate of drug-likeness (QED) is 0.259. The zero-order chi connectivity index (χ0) is 21.2. The minimum atomic E-state index is -0.118. The maximum absolute atomic E-state index is 9.64. The zero-order valence-corrected chi connectivity index (χ0v) is 21.3. The molecule has 31 heavy (non-hydrogen) atoms. The second-order valence-corrected chi connectivity index (χ2v) is 8.26. The van der Waals surface area contributed by atoms with Crippen LogP contribution in [0.1, 0.15) is 36.5 Å². The molecule has 3 rings (SSSR count). The summed E-state index contributed by atoms with van der Waals surface area (Å²) in [6.07, 6.45) is 2.56. The minimum absolute atomic E-state index is 0. The number of guanidine groups is 1. The Hall–Kier alpha value is -1.35. The second-order valence-electron chi connectivity index (χ2n) is 7.82. The highest BCUT2D eigenvalue weighted by atomic mass is 127. The number of rotatable bonds is 8. The van der Waals surface area contributed by atoms with Gasteiger partial charge in [0.15, 0.2) is 5.96 Å². The van der Waals surface area contributed by atoms with Gasteiger partial charge < -0.3 is 15.7 Å². The lowest BCUT2D eigenvalue weighted by atomic mass is 10.1. The van der Waals surface area contributed by atoms with Gasteiger partial charge in [-0.05, 0) is 55.0 Å². The summed E-state index contributed by atoms with van der Waals surface area (Å²) < 4.78 is 0. The molecule has 3 N–H and O–H groups in total. The molecule has 1 fully saturated rings. The topological polar surface area (TPSA) is 59.9 Å². The van der Waals surface area contributed by atoms with Gasteiger partial charge in [-0.1, -0.05) is 48.0 Å². The summed E-state index contributed by atoms with van der Waals surface area (Å²) in [7, 11) is 0. The molecule has 170 valence electrons. The van der Waals surface area contributed by atoms with Crippen LogP contribution < -0.4 is 10.6 Å². The number of nitrogens with zero attached hydrogens (tertiary/aromatic N) is 2. The van der Waals surface area contributed by atoms with Gasteiger partial charge in [-0.3, -0.25) is 4.90 Å². The monoisotopic (exact) mass is 556 g/mol. The lowest BCUT2D eigenvalue weighted by Gasteiger charge is -2.29. The summed E-state index contributed by atoms with van der Waals surface area (Å²) in [5.41, 5.74) is 3.76. The fourth-order valence-corrected chi connectivity index (χ4v) is 3.70. The van der Waals surface area contributed by atoms with Crippen LogP contribution in [0.2, 0.25) is 5.02 Å². The van der Waals surface area contributed by atoms with Crippen LogP contribution in [0.3, 0.4) is 0 Å². The number of benzene rings is 2. The molecule has 5 nitrogen and oxygen atoms in total. The number of aliphatic hydroxyl groups excluding tert-OH is 1. The van der Waals surface area contributed by atoms with Crippen LogP contribution in [-0.4, -0.2) is 48.2 Å². The van der Waals surface area contributed by atoms with E-state index in [-0.39, 0.29) is 30.1 Å². The molecule has 7 heteroatoms. The molecular formula is C24H34ClIN4O. The Morgan fingerprint density at radius 2 is 1.61 bits per heavy atom. The van der Waals surface area contributed by atoms with Crippen LogP contribution in [0, 0.1) is 0 Å². The van der Waals surface area contributed by atoms with E-state index in [4.69, 9.17) is 16.6 Å². The number of piperidine rings is 1. The van der Waals surface area contributed by atoms with Gasteiger partial charge in [-0.25, -0.2) is 4.99 Å². The third-order valence-corrected chi connectivity index (χ3v) is 5.62. The van der Waals surface area contributed by atoms with Crippen molar-refractivity contribution < 1.29 is 5.11 Å². The third-order valence-electron chi connectivity index (χ3n) is 5.37. The smallest absolute Gasteiger partial charge is 0.191 e. The minimum Gasteiger partial charge on any atom is -0.393 e. The maximum Gasteiger partial charge on any atom is 0.191 e. The van der Waals surface area contributed by atoms with Crippen LogP contribution in [0.15, 0.2) is 53.5 Å². The summed E-state index contributed by atoms with van der Waals surface area (Å²) in [5, 5.41) is 17.1. The highest BCUT2D eigenvalue weighted by molar-refractivity contribution is 14.0. The summed E-state index contributed by atoms with van der Waals surface area (Å²) in [6, 6.07) is 16.7. The Balaban J connectivity index is 0.00000341. The molecule has 1 saturated heterocycles. The van der Waals surface area contributed by atoms with Gasteiger partial charge in [0.2, 0.25) is 0 Å². The van der Waals surface area contributed by atoms with Crippen molar-refractivity contribution in [3.05, 3.63) is 70.2 Å². The molecule has 2 aromatic rings. The standard InChI is InChI=1S/C24H33ClN4O.HI/c1-2-26-24(27-14-11-19-7-9-22(25)10-8-19)28-17-20-3-5-21(6-4-20)18-29-15-12-23(30)13-16-29;/h3-10,23,30H,2,11-18H2,1H3,(H2,26,27,28);1H. The fourth-order valence-electron chi connectivity index (χ4n) is 3.57. The summed E-state index contributed by atoms with van der Waals surface area (Å²) in [4.78, 5) is 7.13. The summed E-state index contributed by atoms with van der Waals surface area (Å²) >= 11 is 5.94. The second kappa shape index (κ2) is 13.9. The molecule has 1 heterocycles. The van der Waals surface area contributed by atoms with E-state index in [1.165, 1.54) is 16.7 Å². The van der Waals surface area contributed by atoms with Crippen molar-refractivity contribution >= 4 is 41.5 Å². The lowest BCUT2D eigenvalue weighted by Crippen LogP contribution is -2.38. The van der Waals surface area contributed by atoms with Crippen LogP contribution in [0.25, 0.3) is 0 Å². The Kier molecular flexibility index (Phi) is 11.6. The molecule has 0 amide bonds. The van der Waals surface area contributed by atoms with E-state index in [2.05, 4.69) is 58.9 Å². The first-order valence-corrected chi connectivity index (χ1v) is 11.2. The molecule has 2 aromatic carbocycles. The first-order chi connectivity index (χ1) is 14.6. The molecule has 0 bridgehead atoms. The Labute approximate surface area is 208 Å². The lowest BCUT2D eigenvalue weighted by molar-refractivity contribution is 0.0792. The van der Waals surface area contributed by atoms with E-state index in [0.717, 1.165) is 63.0 Å². The average Bonchev–Trinajstić information content (AvgIpc) is 2.76. The van der Waals surface area contributed by atoms with Gasteiger partial charge in [0.1, 0.15) is 0 Å². The number of hydrogen-bond acceptors (Lipinski definition) is 3. The molecule has 0 aliphatic carbocycles. The Morgan fingerprint density at radius 3 is 2.26 bits per heavy atom. The Morgan fingerprint density at radius 1 is 1.00 bits per heavy atom. The van der Waals surface area contributed by atoms with E-state index >= 15 is 0 Å². The molecule has 0 spiro atoms. The van der Waals surface area contributed by atoms with Crippen molar-refractivity contribution in [2.45, 2.75) is 45.4 Å². The largest absolute Gasteiger partial charge is 0.393 e. The van der Waals surface area contributed by atoms with Crippen LogP contribution in [-0.2, 0) is 19.5 Å². The third kappa shape index (κ3) is 9.35. The normalized spacial score (nSPS) is 15.4. The number of aliphatic hydroxyl groups is 1. The molecule has 1 aliphatic rings. The zero-order valence-electron chi connectivity index (χ0n) is 18.2. The Bertz CT molecular complexity index is 790. The predicted octanol–water partition coefficient (Wildman–Crippen LogP) is 4.21. The average molecular weight is 557 g/mol. The summed E-state index contributed by atoms with van der Waals surface area (Å²) in [6.45, 7) is 7.26. The molecule has 0 atom stereocenters. The van der Waals surface area contributed by atoms with Crippen molar-refractivity contribution in [3.8, 4) is 0 Å². The van der Waals surface area contributed by atoms with Crippen molar-refractivity contribution in [3.63, 3.8) is 0 Å². The molecule has 1 aliphatic heterocycles.